The number of hydrogen-bond acceptors (Lipinski definition) is 3. The minimum Gasteiger partial charge on any atom is -0.493 e. The van der Waals surface area contributed by atoms with E-state index in [-0.39, 0.29) is 12.1 Å². The fourth-order valence-corrected chi connectivity index (χ4v) is 3.69. The van der Waals surface area contributed by atoms with Gasteiger partial charge in [-0.05, 0) is 57.2 Å². The molecule has 2 unspecified atom stereocenters. The lowest BCUT2D eigenvalue weighted by Crippen LogP contribution is -2.51. The average Bonchev–Trinajstić information content (AvgIpc) is 2.85. The summed E-state index contributed by atoms with van der Waals surface area (Å²) in [6.45, 7) is 8.17. The Kier molecular flexibility index (Phi) is 5.65. The summed E-state index contributed by atoms with van der Waals surface area (Å²) in [5.41, 5.74) is 2.38. The Morgan fingerprint density at radius 1 is 1.38 bits per heavy atom. The second-order valence-electron chi connectivity index (χ2n) is 6.34. The summed E-state index contributed by atoms with van der Waals surface area (Å²) in [6, 6.07) is 6.30. The van der Waals surface area contributed by atoms with Crippen LogP contribution in [0.15, 0.2) is 18.2 Å². The van der Waals surface area contributed by atoms with E-state index in [0.29, 0.717) is 5.92 Å². The first-order chi connectivity index (χ1) is 10.1. The van der Waals surface area contributed by atoms with E-state index in [0.717, 1.165) is 31.7 Å². The molecule has 0 heterocycles. The Morgan fingerprint density at radius 3 is 2.86 bits per heavy atom. The molecular weight excluding hydrogens is 262 g/mol. The van der Waals surface area contributed by atoms with Crippen molar-refractivity contribution in [2.75, 3.05) is 19.8 Å². The van der Waals surface area contributed by atoms with E-state index < -0.39 is 0 Å². The van der Waals surface area contributed by atoms with Crippen LogP contribution in [0.1, 0.15) is 43.7 Å². The highest BCUT2D eigenvalue weighted by atomic mass is 16.5. The number of hydrogen-bond donors (Lipinski definition) is 2. The van der Waals surface area contributed by atoms with Crippen LogP contribution >= 0.6 is 0 Å². The van der Waals surface area contributed by atoms with Gasteiger partial charge >= 0.3 is 0 Å². The zero-order chi connectivity index (χ0) is 15.3. The Morgan fingerprint density at radius 2 is 2.19 bits per heavy atom. The van der Waals surface area contributed by atoms with Crippen molar-refractivity contribution in [3.63, 3.8) is 0 Å². The van der Waals surface area contributed by atoms with Crippen LogP contribution in [0.5, 0.6) is 5.75 Å². The second-order valence-corrected chi connectivity index (χ2v) is 6.34. The third-order valence-electron chi connectivity index (χ3n) is 4.82. The molecule has 1 aromatic rings. The molecule has 1 fully saturated rings. The molecular formula is C18H29NO2. The van der Waals surface area contributed by atoms with Crippen LogP contribution in [0.2, 0.25) is 0 Å². The van der Waals surface area contributed by atoms with E-state index in [1.165, 1.54) is 24.0 Å². The van der Waals surface area contributed by atoms with Gasteiger partial charge in [0.25, 0.3) is 0 Å². The molecule has 2 atom stereocenters. The predicted octanol–water partition coefficient (Wildman–Crippen LogP) is 3.21. The zero-order valence-electron chi connectivity index (χ0n) is 13.6. The summed E-state index contributed by atoms with van der Waals surface area (Å²) >= 11 is 0. The topological polar surface area (TPSA) is 41.5 Å². The number of likely N-dealkylation sites (N-methyl/N-ethyl adjacent to an activating group) is 1. The second kappa shape index (κ2) is 7.28. The maximum Gasteiger partial charge on any atom is 0.122 e. The fourth-order valence-electron chi connectivity index (χ4n) is 3.69. The van der Waals surface area contributed by atoms with Crippen LogP contribution in [0.4, 0.5) is 0 Å². The average molecular weight is 291 g/mol. The first kappa shape index (κ1) is 16.3. The van der Waals surface area contributed by atoms with Crippen molar-refractivity contribution in [3.05, 3.63) is 29.3 Å². The molecule has 0 aliphatic heterocycles. The number of benzene rings is 1. The first-order valence-corrected chi connectivity index (χ1v) is 8.17. The fraction of sp³-hybridized carbons (Fsp3) is 0.667. The SMILES string of the molecule is CCNC1(CO)CCCC1CCOc1ccc(C)cc1C. The molecule has 2 rings (SSSR count). The van der Waals surface area contributed by atoms with Crippen molar-refractivity contribution < 1.29 is 9.84 Å². The maximum absolute atomic E-state index is 9.81. The van der Waals surface area contributed by atoms with Gasteiger partial charge in [-0.15, -0.1) is 0 Å². The van der Waals surface area contributed by atoms with Gasteiger partial charge in [-0.1, -0.05) is 31.0 Å². The monoisotopic (exact) mass is 291 g/mol. The van der Waals surface area contributed by atoms with Gasteiger partial charge in [0.2, 0.25) is 0 Å². The standard InChI is InChI=1S/C18H29NO2/c1-4-19-18(13-20)10-5-6-16(18)9-11-21-17-8-7-14(2)12-15(17)3/h7-8,12,16,19-20H,4-6,9-11,13H2,1-3H3. The van der Waals surface area contributed by atoms with Crippen molar-refractivity contribution in [3.8, 4) is 5.75 Å². The molecule has 1 aliphatic rings. The number of rotatable bonds is 7. The Bertz CT molecular complexity index is 461. The summed E-state index contributed by atoms with van der Waals surface area (Å²) < 4.78 is 5.96. The van der Waals surface area contributed by atoms with Crippen molar-refractivity contribution >= 4 is 0 Å². The van der Waals surface area contributed by atoms with Gasteiger partial charge in [-0.25, -0.2) is 0 Å². The number of aryl methyl sites for hydroxylation is 2. The van der Waals surface area contributed by atoms with Crippen molar-refractivity contribution in [2.45, 2.75) is 52.0 Å². The van der Waals surface area contributed by atoms with Gasteiger partial charge in [-0.2, -0.15) is 0 Å². The van der Waals surface area contributed by atoms with Crippen molar-refractivity contribution in [1.82, 2.24) is 5.32 Å². The van der Waals surface area contributed by atoms with Gasteiger partial charge in [0.15, 0.2) is 0 Å². The van der Waals surface area contributed by atoms with Gasteiger partial charge < -0.3 is 15.2 Å². The summed E-state index contributed by atoms with van der Waals surface area (Å²) in [5, 5.41) is 13.3. The molecule has 2 N–H and O–H groups in total. The number of ether oxygens (including phenoxy) is 1. The quantitative estimate of drug-likeness (QED) is 0.810. The third-order valence-corrected chi connectivity index (χ3v) is 4.82. The number of aliphatic hydroxyl groups excluding tert-OH is 1. The highest BCUT2D eigenvalue weighted by Crippen LogP contribution is 2.37. The normalized spacial score (nSPS) is 25.2. The lowest BCUT2D eigenvalue weighted by molar-refractivity contribution is 0.111. The minimum absolute atomic E-state index is 0.0829. The molecule has 1 aliphatic carbocycles. The van der Waals surface area contributed by atoms with Crippen LogP contribution in [0.3, 0.4) is 0 Å². The summed E-state index contributed by atoms with van der Waals surface area (Å²) in [4.78, 5) is 0. The molecule has 0 aromatic heterocycles. The van der Waals surface area contributed by atoms with Gasteiger partial charge in [0, 0.05) is 5.54 Å². The highest BCUT2D eigenvalue weighted by molar-refractivity contribution is 5.35. The molecule has 118 valence electrons. The van der Waals surface area contributed by atoms with Crippen LogP contribution in [0.25, 0.3) is 0 Å². The number of nitrogens with one attached hydrogen (secondary N) is 1. The van der Waals surface area contributed by atoms with Crippen LogP contribution in [0, 0.1) is 19.8 Å². The predicted molar refractivity (Wildman–Crippen MR) is 86.9 cm³/mol. The third kappa shape index (κ3) is 3.78. The van der Waals surface area contributed by atoms with E-state index in [1.807, 2.05) is 0 Å². The molecule has 21 heavy (non-hydrogen) atoms. The minimum atomic E-state index is -0.0829. The van der Waals surface area contributed by atoms with Crippen LogP contribution in [-0.4, -0.2) is 30.4 Å². The molecule has 3 heteroatoms. The van der Waals surface area contributed by atoms with E-state index in [2.05, 4.69) is 44.3 Å². The van der Waals surface area contributed by atoms with E-state index in [9.17, 15) is 5.11 Å². The van der Waals surface area contributed by atoms with Crippen LogP contribution in [-0.2, 0) is 0 Å². The summed E-state index contributed by atoms with van der Waals surface area (Å²) in [7, 11) is 0. The van der Waals surface area contributed by atoms with E-state index in [4.69, 9.17) is 4.74 Å². The molecule has 0 spiro atoms. The largest absolute Gasteiger partial charge is 0.493 e. The van der Waals surface area contributed by atoms with Crippen LogP contribution < -0.4 is 10.1 Å². The highest BCUT2D eigenvalue weighted by Gasteiger charge is 2.41. The molecule has 0 bridgehead atoms. The molecule has 0 amide bonds. The lowest BCUT2D eigenvalue weighted by Gasteiger charge is -2.35. The molecule has 1 aromatic carbocycles. The Labute approximate surface area is 128 Å². The van der Waals surface area contributed by atoms with Crippen molar-refractivity contribution in [2.24, 2.45) is 5.92 Å². The summed E-state index contributed by atoms with van der Waals surface area (Å²) in [6.07, 6.45) is 4.46. The lowest BCUT2D eigenvalue weighted by atomic mass is 9.85. The molecule has 0 radical (unpaired) electrons. The maximum atomic E-state index is 9.81. The van der Waals surface area contributed by atoms with Gasteiger partial charge in [0.1, 0.15) is 5.75 Å². The van der Waals surface area contributed by atoms with Crippen molar-refractivity contribution in [1.29, 1.82) is 0 Å². The number of aliphatic hydroxyl groups is 1. The van der Waals surface area contributed by atoms with E-state index in [1.54, 1.807) is 0 Å². The Balaban J connectivity index is 1.90. The smallest absolute Gasteiger partial charge is 0.122 e. The first-order valence-electron chi connectivity index (χ1n) is 8.17. The van der Waals surface area contributed by atoms with E-state index >= 15 is 0 Å². The summed E-state index contributed by atoms with van der Waals surface area (Å²) in [5.74, 6) is 1.49. The van der Waals surface area contributed by atoms with Gasteiger partial charge in [0.05, 0.1) is 13.2 Å². The van der Waals surface area contributed by atoms with Gasteiger partial charge in [-0.3, -0.25) is 0 Å². The molecule has 0 saturated heterocycles. The molecule has 3 nitrogen and oxygen atoms in total. The molecule has 1 saturated carbocycles. The Hall–Kier alpha value is -1.06. The zero-order valence-corrected chi connectivity index (χ0v) is 13.6.